The van der Waals surface area contributed by atoms with E-state index in [2.05, 4.69) is 10.3 Å². The number of fused-ring (bicyclic) bond motifs is 1. The number of pyridine rings is 1. The molecule has 0 saturated carbocycles. The number of hydrogen-bond donors (Lipinski definition) is 1. The molecular weight excluding hydrogens is 410 g/mol. The van der Waals surface area contributed by atoms with E-state index >= 15 is 0 Å². The lowest BCUT2D eigenvalue weighted by atomic mass is 10.2. The summed E-state index contributed by atoms with van der Waals surface area (Å²) >= 11 is 0. The minimum atomic E-state index is -3.60. The smallest absolute Gasteiger partial charge is 0.245 e. The Hall–Kier alpha value is -3.45. The third-order valence-electron chi connectivity index (χ3n) is 5.06. The van der Waals surface area contributed by atoms with Gasteiger partial charge in [-0.1, -0.05) is 48.0 Å². The van der Waals surface area contributed by atoms with Crippen LogP contribution in [0.2, 0.25) is 0 Å². The molecule has 158 valence electrons. The van der Waals surface area contributed by atoms with Gasteiger partial charge in [0.25, 0.3) is 0 Å². The molecular formula is C24H23N3O3S. The molecule has 0 unspecified atom stereocenters. The van der Waals surface area contributed by atoms with Crippen LogP contribution in [-0.4, -0.2) is 23.9 Å². The molecule has 0 spiro atoms. The highest BCUT2D eigenvalue weighted by molar-refractivity contribution is 7.90. The van der Waals surface area contributed by atoms with Crippen LogP contribution in [0.5, 0.6) is 0 Å². The second kappa shape index (κ2) is 8.35. The number of amides is 1. The first-order chi connectivity index (χ1) is 14.8. The van der Waals surface area contributed by atoms with E-state index < -0.39 is 9.84 Å². The first-order valence-corrected chi connectivity index (χ1v) is 11.6. The summed E-state index contributed by atoms with van der Waals surface area (Å²) < 4.78 is 28.1. The number of aromatic nitrogens is 2. The van der Waals surface area contributed by atoms with Crippen LogP contribution in [0.15, 0.2) is 78.0 Å². The monoisotopic (exact) mass is 433 g/mol. The maximum absolute atomic E-state index is 13.2. The van der Waals surface area contributed by atoms with Crippen LogP contribution < -0.4 is 5.32 Å². The molecule has 31 heavy (non-hydrogen) atoms. The molecule has 1 amide bonds. The van der Waals surface area contributed by atoms with Gasteiger partial charge in [0.05, 0.1) is 10.6 Å². The highest BCUT2D eigenvalue weighted by Gasteiger charge is 2.22. The Balaban J connectivity index is 1.64. The van der Waals surface area contributed by atoms with Gasteiger partial charge in [0.2, 0.25) is 5.91 Å². The number of anilines is 1. The number of carbonyl (C=O) groups is 1. The quantitative estimate of drug-likeness (QED) is 0.492. The second-order valence-corrected chi connectivity index (χ2v) is 9.61. The van der Waals surface area contributed by atoms with Crippen molar-refractivity contribution in [1.29, 1.82) is 0 Å². The Morgan fingerprint density at radius 3 is 2.48 bits per heavy atom. The van der Waals surface area contributed by atoms with Crippen molar-refractivity contribution in [3.63, 3.8) is 0 Å². The zero-order valence-corrected chi connectivity index (χ0v) is 18.2. The topological polar surface area (TPSA) is 81.1 Å². The maximum atomic E-state index is 13.2. The third kappa shape index (κ3) is 4.67. The largest absolute Gasteiger partial charge is 0.337 e. The minimum Gasteiger partial charge on any atom is -0.337 e. The van der Waals surface area contributed by atoms with Crippen molar-refractivity contribution in [1.82, 2.24) is 9.55 Å². The molecule has 0 aliphatic carbocycles. The van der Waals surface area contributed by atoms with E-state index in [0.29, 0.717) is 16.7 Å². The number of para-hydroxylation sites is 1. The molecule has 0 fully saturated rings. The van der Waals surface area contributed by atoms with Gasteiger partial charge in [-0.25, -0.2) is 13.4 Å². The molecule has 6 nitrogen and oxygen atoms in total. The van der Waals surface area contributed by atoms with Crippen LogP contribution in [0, 0.1) is 13.8 Å². The number of carbonyl (C=O) groups excluding carboxylic acids is 1. The van der Waals surface area contributed by atoms with Gasteiger partial charge in [-0.15, -0.1) is 0 Å². The van der Waals surface area contributed by atoms with Crippen LogP contribution in [0.1, 0.15) is 16.7 Å². The Labute approximate surface area is 181 Å². The van der Waals surface area contributed by atoms with Gasteiger partial charge in [-0.05, 0) is 43.2 Å². The van der Waals surface area contributed by atoms with Crippen molar-refractivity contribution < 1.29 is 13.2 Å². The van der Waals surface area contributed by atoms with Gasteiger partial charge in [0.1, 0.15) is 12.4 Å². The standard InChI is InChI=1S/C24H23N3O3S/c1-17-7-9-19(10-8-17)16-31(29,30)22-14-27(21-6-4-3-5-20(21)22)15-24(28)26-23-13-18(2)11-12-25-23/h3-14H,15-16H2,1-2H3,(H,25,26,28). The zero-order valence-electron chi connectivity index (χ0n) is 17.4. The van der Waals surface area contributed by atoms with Crippen molar-refractivity contribution in [3.8, 4) is 0 Å². The lowest BCUT2D eigenvalue weighted by molar-refractivity contribution is -0.116. The van der Waals surface area contributed by atoms with Gasteiger partial charge < -0.3 is 9.88 Å². The van der Waals surface area contributed by atoms with E-state index in [-0.39, 0.29) is 23.1 Å². The fourth-order valence-electron chi connectivity index (χ4n) is 3.51. The molecule has 4 aromatic rings. The van der Waals surface area contributed by atoms with Crippen LogP contribution in [-0.2, 0) is 26.9 Å². The lowest BCUT2D eigenvalue weighted by Crippen LogP contribution is -2.19. The maximum Gasteiger partial charge on any atom is 0.245 e. The summed E-state index contributed by atoms with van der Waals surface area (Å²) in [7, 11) is -3.60. The second-order valence-electron chi connectivity index (χ2n) is 7.65. The predicted molar refractivity (Wildman–Crippen MR) is 122 cm³/mol. The molecule has 7 heteroatoms. The van der Waals surface area contributed by atoms with Crippen LogP contribution >= 0.6 is 0 Å². The normalized spacial score (nSPS) is 11.5. The molecule has 2 heterocycles. The van der Waals surface area contributed by atoms with E-state index in [9.17, 15) is 13.2 Å². The zero-order chi connectivity index (χ0) is 22.0. The van der Waals surface area contributed by atoms with Crippen molar-refractivity contribution in [2.45, 2.75) is 31.0 Å². The summed E-state index contributed by atoms with van der Waals surface area (Å²) in [6, 6.07) is 18.3. The highest BCUT2D eigenvalue weighted by Crippen LogP contribution is 2.28. The molecule has 0 bridgehead atoms. The fourth-order valence-corrected chi connectivity index (χ4v) is 5.10. The number of rotatable bonds is 6. The van der Waals surface area contributed by atoms with Crippen molar-refractivity contribution in [2.24, 2.45) is 0 Å². The van der Waals surface area contributed by atoms with E-state index in [1.807, 2.05) is 56.3 Å². The number of sulfone groups is 1. The van der Waals surface area contributed by atoms with Crippen LogP contribution in [0.3, 0.4) is 0 Å². The van der Waals surface area contributed by atoms with Crippen molar-refractivity contribution >= 4 is 32.5 Å². The number of hydrogen-bond acceptors (Lipinski definition) is 4. The van der Waals surface area contributed by atoms with Crippen molar-refractivity contribution in [2.75, 3.05) is 5.32 Å². The number of nitrogens with zero attached hydrogens (tertiary/aromatic N) is 2. The minimum absolute atomic E-state index is 0.0177. The summed E-state index contributed by atoms with van der Waals surface area (Å²) in [6.45, 7) is 3.86. The summed E-state index contributed by atoms with van der Waals surface area (Å²) in [5.41, 5.74) is 3.48. The summed E-state index contributed by atoms with van der Waals surface area (Å²) in [6.07, 6.45) is 3.18. The molecule has 1 N–H and O–H groups in total. The Kier molecular flexibility index (Phi) is 5.61. The van der Waals surface area contributed by atoms with Crippen molar-refractivity contribution in [3.05, 3.63) is 89.7 Å². The van der Waals surface area contributed by atoms with Gasteiger partial charge in [0.15, 0.2) is 9.84 Å². The first kappa shape index (κ1) is 20.8. The van der Waals surface area contributed by atoms with E-state index in [1.165, 1.54) is 0 Å². The number of benzene rings is 2. The van der Waals surface area contributed by atoms with Gasteiger partial charge >= 0.3 is 0 Å². The van der Waals surface area contributed by atoms with E-state index in [0.717, 1.165) is 16.7 Å². The lowest BCUT2D eigenvalue weighted by Gasteiger charge is -2.07. The molecule has 2 aromatic heterocycles. The average molecular weight is 434 g/mol. The average Bonchev–Trinajstić information content (AvgIpc) is 3.09. The molecule has 2 aromatic carbocycles. The van der Waals surface area contributed by atoms with Gasteiger partial charge in [-0.2, -0.15) is 0 Å². The van der Waals surface area contributed by atoms with Crippen LogP contribution in [0.25, 0.3) is 10.9 Å². The number of nitrogens with one attached hydrogen (secondary N) is 1. The molecule has 0 aliphatic rings. The predicted octanol–water partition coefficient (Wildman–Crippen LogP) is 4.27. The molecule has 4 rings (SSSR count). The SMILES string of the molecule is Cc1ccc(CS(=O)(=O)c2cn(CC(=O)Nc3cc(C)ccn3)c3ccccc23)cc1. The Morgan fingerprint density at radius 2 is 1.74 bits per heavy atom. The highest BCUT2D eigenvalue weighted by atomic mass is 32.2. The fraction of sp³-hybridized carbons (Fsp3) is 0.167. The summed E-state index contributed by atoms with van der Waals surface area (Å²) in [5.74, 6) is 0.0933. The molecule has 0 atom stereocenters. The van der Waals surface area contributed by atoms with Gasteiger partial charge in [0, 0.05) is 23.3 Å². The molecule has 0 radical (unpaired) electrons. The third-order valence-corrected chi connectivity index (χ3v) is 6.77. The van der Waals surface area contributed by atoms with E-state index in [4.69, 9.17) is 0 Å². The molecule has 0 saturated heterocycles. The Bertz CT molecular complexity index is 1360. The first-order valence-electron chi connectivity index (χ1n) is 9.90. The molecule has 0 aliphatic heterocycles. The summed E-state index contributed by atoms with van der Waals surface area (Å²) in [5, 5.41) is 3.38. The van der Waals surface area contributed by atoms with E-state index in [1.54, 1.807) is 35.2 Å². The Morgan fingerprint density at radius 1 is 1.00 bits per heavy atom. The summed E-state index contributed by atoms with van der Waals surface area (Å²) in [4.78, 5) is 17.0. The number of aryl methyl sites for hydroxylation is 2. The van der Waals surface area contributed by atoms with Crippen LogP contribution in [0.4, 0.5) is 5.82 Å². The van der Waals surface area contributed by atoms with Gasteiger partial charge in [-0.3, -0.25) is 4.79 Å².